The van der Waals surface area contributed by atoms with E-state index in [0.717, 1.165) is 50.7 Å². The Morgan fingerprint density at radius 3 is 1.97 bits per heavy atom. The van der Waals surface area contributed by atoms with Crippen LogP contribution in [-0.2, 0) is 20.7 Å². The van der Waals surface area contributed by atoms with Gasteiger partial charge in [-0.25, -0.2) is 4.79 Å². The lowest BCUT2D eigenvalue weighted by Gasteiger charge is -2.37. The molecule has 1 aliphatic rings. The van der Waals surface area contributed by atoms with Crippen molar-refractivity contribution in [3.05, 3.63) is 105 Å². The van der Waals surface area contributed by atoms with Gasteiger partial charge in [0, 0.05) is 35.5 Å². The molecule has 4 rings (SSSR count). The van der Waals surface area contributed by atoms with Crippen molar-refractivity contribution in [2.75, 3.05) is 19.7 Å². The summed E-state index contributed by atoms with van der Waals surface area (Å²) in [5.74, 6) is -1.02. The number of hydrogen-bond donors (Lipinski definition) is 1. The Morgan fingerprint density at radius 2 is 1.47 bits per heavy atom. The topological polar surface area (TPSA) is 66.8 Å². The van der Waals surface area contributed by atoms with Gasteiger partial charge < -0.3 is 14.7 Å². The fourth-order valence-electron chi connectivity index (χ4n) is 5.24. The summed E-state index contributed by atoms with van der Waals surface area (Å²) in [5, 5.41) is 11.0. The molecule has 3 aromatic carbocycles. The maximum Gasteiger partial charge on any atom is 0.333 e. The average Bonchev–Trinajstić information content (AvgIpc) is 2.89. The number of aliphatic carboxylic acids is 1. The van der Waals surface area contributed by atoms with E-state index in [1.54, 1.807) is 4.90 Å². The Kier molecular flexibility index (Phi) is 9.48. The molecular weight excluding hydrogens is 521 g/mol. The zero-order valence-electron chi connectivity index (χ0n) is 21.7. The first-order chi connectivity index (χ1) is 18.2. The van der Waals surface area contributed by atoms with Crippen LogP contribution in [0.1, 0.15) is 46.6 Å². The van der Waals surface area contributed by atoms with Crippen LogP contribution < -0.4 is 0 Å². The highest BCUT2D eigenvalue weighted by atomic mass is 35.5. The van der Waals surface area contributed by atoms with Crippen LogP contribution in [0.4, 0.5) is 0 Å². The van der Waals surface area contributed by atoms with E-state index in [1.807, 2.05) is 56.3 Å². The number of hydrogen-bond acceptors (Lipinski definition) is 3. The number of piperidine rings is 1. The van der Waals surface area contributed by atoms with Gasteiger partial charge in [0.15, 0.2) is 6.10 Å². The minimum atomic E-state index is -1.08. The second kappa shape index (κ2) is 12.8. The van der Waals surface area contributed by atoms with Gasteiger partial charge >= 0.3 is 5.97 Å². The monoisotopic (exact) mass is 553 g/mol. The van der Waals surface area contributed by atoms with Crippen LogP contribution in [-0.4, -0.2) is 47.7 Å². The van der Waals surface area contributed by atoms with Crippen LogP contribution in [0, 0.1) is 19.8 Å². The van der Waals surface area contributed by atoms with Gasteiger partial charge in [0.2, 0.25) is 5.91 Å². The summed E-state index contributed by atoms with van der Waals surface area (Å²) in [6.07, 6.45) is 0.687. The molecule has 0 aliphatic carbocycles. The number of carbonyl (C=O) groups is 2. The summed E-state index contributed by atoms with van der Waals surface area (Å²) in [6.45, 7) is 4.90. The van der Waals surface area contributed by atoms with E-state index in [9.17, 15) is 14.7 Å². The summed E-state index contributed by atoms with van der Waals surface area (Å²) in [4.78, 5) is 26.4. The molecule has 3 aromatic rings. The molecule has 1 atom stereocenters. The van der Waals surface area contributed by atoms with Gasteiger partial charge in [-0.2, -0.15) is 0 Å². The Hall–Kier alpha value is -2.86. The molecule has 200 valence electrons. The molecule has 1 N–H and O–H groups in total. The smallest absolute Gasteiger partial charge is 0.333 e. The average molecular weight is 555 g/mol. The van der Waals surface area contributed by atoms with Crippen LogP contribution in [0.15, 0.2) is 66.7 Å². The normalized spacial score (nSPS) is 15.0. The number of aryl methyl sites for hydroxylation is 2. The third-order valence-corrected chi connectivity index (χ3v) is 7.95. The Labute approximate surface area is 234 Å². The number of nitrogens with zero attached hydrogens (tertiary/aromatic N) is 1. The standard InChI is InChI=1S/C31H33Cl2NO4/c1-20-8-10-24(26(32)16-20)30(25-11-9-21(2)17-27(25)33)23-12-14-34(15-13-23)29(35)19-38-28(31(36)37)18-22-6-4-3-5-7-22/h3-11,16-17,23,28,30H,12-15,18-19H2,1-2H3,(H,36,37). The number of carboxylic acids is 1. The molecule has 1 amide bonds. The fraction of sp³-hybridized carbons (Fsp3) is 0.355. The lowest BCUT2D eigenvalue weighted by Crippen LogP contribution is -2.42. The van der Waals surface area contributed by atoms with Gasteiger partial charge in [-0.15, -0.1) is 0 Å². The lowest BCUT2D eigenvalue weighted by atomic mass is 9.75. The molecule has 7 heteroatoms. The van der Waals surface area contributed by atoms with Crippen molar-refractivity contribution in [1.82, 2.24) is 4.90 Å². The number of carboxylic acid groups (broad SMARTS) is 1. The molecule has 1 unspecified atom stereocenters. The molecule has 1 saturated heterocycles. The third-order valence-electron chi connectivity index (χ3n) is 7.29. The SMILES string of the molecule is Cc1ccc(C(c2ccc(C)cc2Cl)C2CCN(C(=O)COC(Cc3ccccc3)C(=O)O)CC2)c(Cl)c1. The second-order valence-electron chi connectivity index (χ2n) is 10.1. The molecule has 1 aliphatic heterocycles. The van der Waals surface area contributed by atoms with Gasteiger partial charge in [0.25, 0.3) is 0 Å². The number of amides is 1. The van der Waals surface area contributed by atoms with E-state index in [2.05, 4.69) is 24.3 Å². The summed E-state index contributed by atoms with van der Waals surface area (Å²) < 4.78 is 5.56. The Balaban J connectivity index is 1.43. The van der Waals surface area contributed by atoms with Gasteiger partial charge in [0.05, 0.1) is 0 Å². The van der Waals surface area contributed by atoms with Gasteiger partial charge in [0.1, 0.15) is 6.61 Å². The highest BCUT2D eigenvalue weighted by Crippen LogP contribution is 2.43. The molecule has 1 heterocycles. The van der Waals surface area contributed by atoms with Crippen molar-refractivity contribution < 1.29 is 19.4 Å². The predicted octanol–water partition coefficient (Wildman–Crippen LogP) is 6.69. The fourth-order valence-corrected chi connectivity index (χ4v) is 5.94. The van der Waals surface area contributed by atoms with E-state index in [4.69, 9.17) is 27.9 Å². The Morgan fingerprint density at radius 1 is 0.921 bits per heavy atom. The molecule has 0 bridgehead atoms. The molecular formula is C31H33Cl2NO4. The van der Waals surface area contributed by atoms with E-state index in [-0.39, 0.29) is 30.8 Å². The molecule has 0 aromatic heterocycles. The maximum absolute atomic E-state index is 12.9. The van der Waals surface area contributed by atoms with E-state index in [1.165, 1.54) is 0 Å². The van der Waals surface area contributed by atoms with Crippen molar-refractivity contribution >= 4 is 35.1 Å². The maximum atomic E-state index is 12.9. The molecule has 0 radical (unpaired) electrons. The largest absolute Gasteiger partial charge is 0.479 e. The zero-order chi connectivity index (χ0) is 27.2. The molecule has 0 spiro atoms. The first-order valence-corrected chi connectivity index (χ1v) is 13.7. The van der Waals surface area contributed by atoms with Crippen molar-refractivity contribution in [2.45, 2.75) is 45.1 Å². The lowest BCUT2D eigenvalue weighted by molar-refractivity contribution is -0.154. The molecule has 38 heavy (non-hydrogen) atoms. The Bertz CT molecular complexity index is 1220. The minimum Gasteiger partial charge on any atom is -0.479 e. The van der Waals surface area contributed by atoms with E-state index < -0.39 is 12.1 Å². The van der Waals surface area contributed by atoms with Crippen LogP contribution in [0.3, 0.4) is 0 Å². The summed E-state index contributed by atoms with van der Waals surface area (Å²) in [6, 6.07) is 21.6. The predicted molar refractivity (Wildman–Crippen MR) is 151 cm³/mol. The van der Waals surface area contributed by atoms with E-state index in [0.29, 0.717) is 13.1 Å². The van der Waals surface area contributed by atoms with Crippen LogP contribution in [0.25, 0.3) is 0 Å². The highest BCUT2D eigenvalue weighted by Gasteiger charge is 2.33. The second-order valence-corrected chi connectivity index (χ2v) is 10.9. The first-order valence-electron chi connectivity index (χ1n) is 12.9. The van der Waals surface area contributed by atoms with Gasteiger partial charge in [-0.05, 0) is 72.6 Å². The van der Waals surface area contributed by atoms with Crippen molar-refractivity contribution in [3.8, 4) is 0 Å². The third kappa shape index (κ3) is 6.96. The molecule has 1 fully saturated rings. The number of benzene rings is 3. The van der Waals surface area contributed by atoms with Gasteiger partial charge in [-0.1, -0.05) is 77.8 Å². The van der Waals surface area contributed by atoms with Crippen molar-refractivity contribution in [2.24, 2.45) is 5.92 Å². The van der Waals surface area contributed by atoms with Crippen LogP contribution in [0.5, 0.6) is 0 Å². The molecule has 5 nitrogen and oxygen atoms in total. The number of ether oxygens (including phenoxy) is 1. The van der Waals surface area contributed by atoms with E-state index >= 15 is 0 Å². The van der Waals surface area contributed by atoms with Crippen LogP contribution >= 0.6 is 23.2 Å². The summed E-state index contributed by atoms with van der Waals surface area (Å²) in [7, 11) is 0. The number of likely N-dealkylation sites (tertiary alicyclic amines) is 1. The first kappa shape index (κ1) is 28.2. The van der Waals surface area contributed by atoms with Crippen molar-refractivity contribution in [3.63, 3.8) is 0 Å². The summed E-state index contributed by atoms with van der Waals surface area (Å²) in [5.41, 5.74) is 5.13. The van der Waals surface area contributed by atoms with Crippen LogP contribution in [0.2, 0.25) is 10.0 Å². The minimum absolute atomic E-state index is 0.00645. The quantitative estimate of drug-likeness (QED) is 0.320. The number of halogens is 2. The highest BCUT2D eigenvalue weighted by molar-refractivity contribution is 6.32. The zero-order valence-corrected chi connectivity index (χ0v) is 23.2. The van der Waals surface area contributed by atoms with Gasteiger partial charge in [-0.3, -0.25) is 4.79 Å². The number of rotatable bonds is 9. The summed E-state index contributed by atoms with van der Waals surface area (Å²) >= 11 is 13.5. The van der Waals surface area contributed by atoms with Crippen molar-refractivity contribution in [1.29, 1.82) is 0 Å². The number of carbonyl (C=O) groups excluding carboxylic acids is 1. The molecule has 0 saturated carbocycles.